The van der Waals surface area contributed by atoms with Crippen molar-refractivity contribution in [2.45, 2.75) is 30.7 Å². The number of carbonyl (C=O) groups excluding carboxylic acids is 2. The third-order valence-corrected chi connectivity index (χ3v) is 7.51. The molecule has 0 aliphatic carbocycles. The van der Waals surface area contributed by atoms with Gasteiger partial charge >= 0.3 is 0 Å². The second-order valence-corrected chi connectivity index (χ2v) is 10.3. The summed E-state index contributed by atoms with van der Waals surface area (Å²) in [6.45, 7) is 3.33. The van der Waals surface area contributed by atoms with E-state index in [4.69, 9.17) is 0 Å². The molecule has 2 N–H and O–H groups in total. The van der Waals surface area contributed by atoms with Gasteiger partial charge in [-0.1, -0.05) is 24.3 Å². The Kier molecular flexibility index (Phi) is 7.65. The van der Waals surface area contributed by atoms with Gasteiger partial charge in [0, 0.05) is 44.5 Å². The van der Waals surface area contributed by atoms with Crippen molar-refractivity contribution in [1.82, 2.24) is 14.5 Å². The first-order chi connectivity index (χ1) is 15.2. The van der Waals surface area contributed by atoms with Crippen LogP contribution in [0.1, 0.15) is 28.8 Å². The molecule has 9 heteroatoms. The van der Waals surface area contributed by atoms with Gasteiger partial charge in [-0.2, -0.15) is 0 Å². The molecule has 0 spiro atoms. The van der Waals surface area contributed by atoms with E-state index in [0.29, 0.717) is 29.9 Å². The van der Waals surface area contributed by atoms with Crippen LogP contribution in [0.5, 0.6) is 0 Å². The van der Waals surface area contributed by atoms with Gasteiger partial charge < -0.3 is 10.6 Å². The van der Waals surface area contributed by atoms with Crippen LogP contribution in [0.2, 0.25) is 0 Å². The summed E-state index contributed by atoms with van der Waals surface area (Å²) in [5.74, 6) is -0.279. The summed E-state index contributed by atoms with van der Waals surface area (Å²) >= 11 is 0. The average Bonchev–Trinajstić information content (AvgIpc) is 2.76. The van der Waals surface area contributed by atoms with Crippen molar-refractivity contribution in [2.75, 3.05) is 39.0 Å². The number of aryl methyl sites for hydroxylation is 1. The maximum atomic E-state index is 12.5. The number of piperidine rings is 1. The van der Waals surface area contributed by atoms with Gasteiger partial charge in [0.05, 0.1) is 11.4 Å². The van der Waals surface area contributed by atoms with E-state index in [1.54, 1.807) is 31.2 Å². The molecule has 2 aromatic rings. The Morgan fingerprint density at radius 3 is 2.34 bits per heavy atom. The zero-order valence-corrected chi connectivity index (χ0v) is 19.5. The van der Waals surface area contributed by atoms with Gasteiger partial charge in [0.1, 0.15) is 0 Å². The predicted molar refractivity (Wildman–Crippen MR) is 124 cm³/mol. The van der Waals surface area contributed by atoms with Gasteiger partial charge in [0.25, 0.3) is 5.91 Å². The third kappa shape index (κ3) is 5.93. The fourth-order valence-electron chi connectivity index (χ4n) is 3.65. The lowest BCUT2D eigenvalue weighted by Gasteiger charge is -2.31. The minimum Gasteiger partial charge on any atom is -0.349 e. The van der Waals surface area contributed by atoms with Crippen molar-refractivity contribution in [2.24, 2.45) is 0 Å². The molecule has 2 aromatic carbocycles. The van der Waals surface area contributed by atoms with Crippen LogP contribution in [0.3, 0.4) is 0 Å². The summed E-state index contributed by atoms with van der Waals surface area (Å²) in [7, 11) is -0.636. The first-order valence-corrected chi connectivity index (χ1v) is 12.0. The number of amides is 2. The number of anilines is 1. The van der Waals surface area contributed by atoms with Crippen molar-refractivity contribution >= 4 is 27.5 Å². The minimum atomic E-state index is -3.59. The van der Waals surface area contributed by atoms with Crippen LogP contribution in [-0.2, 0) is 14.8 Å². The van der Waals surface area contributed by atoms with Gasteiger partial charge in [-0.05, 0) is 49.6 Å². The van der Waals surface area contributed by atoms with E-state index in [2.05, 4.69) is 10.6 Å². The van der Waals surface area contributed by atoms with Crippen LogP contribution in [0, 0.1) is 6.92 Å². The molecule has 0 atom stereocenters. The second kappa shape index (κ2) is 10.2. The molecule has 1 heterocycles. The number of benzene rings is 2. The number of sulfonamides is 1. The SMILES string of the molecule is Cc1ccc(NC(=O)CN2CCC(NC(=O)c3ccccc3)CC2)cc1S(=O)(=O)N(C)C. The standard InChI is InChI=1S/C23H30N4O4S/c1-17-9-10-20(15-21(17)32(30,31)26(2)3)24-22(28)16-27-13-11-19(12-14-27)25-23(29)18-7-5-4-6-8-18/h4-10,15,19H,11-14,16H2,1-3H3,(H,24,28)(H,25,29). The Morgan fingerprint density at radius 1 is 1.06 bits per heavy atom. The van der Waals surface area contributed by atoms with Crippen molar-refractivity contribution in [1.29, 1.82) is 0 Å². The number of nitrogens with one attached hydrogen (secondary N) is 2. The summed E-state index contributed by atoms with van der Waals surface area (Å²) in [6, 6.07) is 14.1. The highest BCUT2D eigenvalue weighted by Gasteiger charge is 2.23. The second-order valence-electron chi connectivity index (χ2n) is 8.21. The van der Waals surface area contributed by atoms with Gasteiger partial charge in [-0.25, -0.2) is 12.7 Å². The molecule has 0 bridgehead atoms. The molecule has 0 unspecified atom stereocenters. The maximum absolute atomic E-state index is 12.5. The molecule has 1 saturated heterocycles. The molecule has 172 valence electrons. The van der Waals surface area contributed by atoms with E-state index in [0.717, 1.165) is 17.1 Å². The lowest BCUT2D eigenvalue weighted by atomic mass is 10.0. The molecule has 1 aliphatic rings. The summed E-state index contributed by atoms with van der Waals surface area (Å²) in [4.78, 5) is 27.0. The number of likely N-dealkylation sites (tertiary alicyclic amines) is 1. The van der Waals surface area contributed by atoms with E-state index in [-0.39, 0.29) is 29.3 Å². The Morgan fingerprint density at radius 2 is 1.72 bits per heavy atom. The molecular weight excluding hydrogens is 428 g/mol. The average molecular weight is 459 g/mol. The highest BCUT2D eigenvalue weighted by molar-refractivity contribution is 7.89. The largest absolute Gasteiger partial charge is 0.349 e. The fourth-order valence-corrected chi connectivity index (χ4v) is 4.79. The van der Waals surface area contributed by atoms with Crippen LogP contribution in [-0.4, -0.2) is 69.2 Å². The lowest BCUT2D eigenvalue weighted by Crippen LogP contribution is -2.46. The number of nitrogens with zero attached hydrogens (tertiary/aromatic N) is 2. The third-order valence-electron chi connectivity index (χ3n) is 5.56. The summed E-state index contributed by atoms with van der Waals surface area (Å²) in [5, 5.41) is 5.86. The zero-order chi connectivity index (χ0) is 23.3. The molecule has 2 amide bonds. The topological polar surface area (TPSA) is 98.8 Å². The molecule has 0 aromatic heterocycles. The van der Waals surface area contributed by atoms with E-state index in [1.165, 1.54) is 20.2 Å². The molecule has 32 heavy (non-hydrogen) atoms. The smallest absolute Gasteiger partial charge is 0.251 e. The molecule has 3 rings (SSSR count). The van der Waals surface area contributed by atoms with Gasteiger partial charge in [-0.15, -0.1) is 0 Å². The predicted octanol–water partition coefficient (Wildman–Crippen LogP) is 2.08. The number of rotatable bonds is 7. The summed E-state index contributed by atoms with van der Waals surface area (Å²) in [5.41, 5.74) is 1.71. The Bertz CT molecular complexity index is 1060. The normalized spacial score (nSPS) is 15.5. The first kappa shape index (κ1) is 23.9. The quantitative estimate of drug-likeness (QED) is 0.662. The van der Waals surface area contributed by atoms with Crippen LogP contribution >= 0.6 is 0 Å². The molecule has 8 nitrogen and oxygen atoms in total. The highest BCUT2D eigenvalue weighted by atomic mass is 32.2. The Labute approximate surface area is 189 Å². The van der Waals surface area contributed by atoms with Crippen LogP contribution in [0.15, 0.2) is 53.4 Å². The van der Waals surface area contributed by atoms with Crippen LogP contribution in [0.25, 0.3) is 0 Å². The molecule has 1 fully saturated rings. The fraction of sp³-hybridized carbons (Fsp3) is 0.391. The molecular formula is C23H30N4O4S. The van der Waals surface area contributed by atoms with Crippen LogP contribution < -0.4 is 10.6 Å². The molecule has 0 saturated carbocycles. The van der Waals surface area contributed by atoms with E-state index >= 15 is 0 Å². The monoisotopic (exact) mass is 458 g/mol. The molecule has 0 radical (unpaired) electrons. The zero-order valence-electron chi connectivity index (χ0n) is 18.7. The number of carbonyl (C=O) groups is 2. The Balaban J connectivity index is 1.51. The summed E-state index contributed by atoms with van der Waals surface area (Å²) in [6.07, 6.45) is 1.53. The lowest BCUT2D eigenvalue weighted by molar-refractivity contribution is -0.117. The van der Waals surface area contributed by atoms with Crippen molar-refractivity contribution in [3.05, 3.63) is 59.7 Å². The number of hydrogen-bond donors (Lipinski definition) is 2. The molecule has 1 aliphatic heterocycles. The van der Waals surface area contributed by atoms with Crippen molar-refractivity contribution < 1.29 is 18.0 Å². The van der Waals surface area contributed by atoms with Gasteiger partial charge in [-0.3, -0.25) is 14.5 Å². The van der Waals surface area contributed by atoms with Crippen molar-refractivity contribution in [3.63, 3.8) is 0 Å². The summed E-state index contributed by atoms with van der Waals surface area (Å²) < 4.78 is 26.1. The number of hydrogen-bond acceptors (Lipinski definition) is 5. The first-order valence-electron chi connectivity index (χ1n) is 10.6. The van der Waals surface area contributed by atoms with Gasteiger partial charge in [0.15, 0.2) is 0 Å². The minimum absolute atomic E-state index is 0.0790. The van der Waals surface area contributed by atoms with E-state index in [1.807, 2.05) is 23.1 Å². The van der Waals surface area contributed by atoms with Gasteiger partial charge in [0.2, 0.25) is 15.9 Å². The van der Waals surface area contributed by atoms with E-state index in [9.17, 15) is 18.0 Å². The van der Waals surface area contributed by atoms with E-state index < -0.39 is 10.0 Å². The Hall–Kier alpha value is -2.75. The van der Waals surface area contributed by atoms with Crippen molar-refractivity contribution in [3.8, 4) is 0 Å². The maximum Gasteiger partial charge on any atom is 0.251 e. The highest BCUT2D eigenvalue weighted by Crippen LogP contribution is 2.22. The van der Waals surface area contributed by atoms with Crippen LogP contribution in [0.4, 0.5) is 5.69 Å².